The van der Waals surface area contributed by atoms with Crippen molar-refractivity contribution >= 4 is 5.78 Å². The molecule has 1 heterocycles. The average molecular weight is 225 g/mol. The average Bonchev–Trinajstić information content (AvgIpc) is 2.57. The van der Waals surface area contributed by atoms with Crippen LogP contribution < -0.4 is 0 Å². The fourth-order valence-electron chi connectivity index (χ4n) is 1.46. The van der Waals surface area contributed by atoms with Crippen molar-refractivity contribution in [2.75, 3.05) is 14.1 Å². The van der Waals surface area contributed by atoms with Crippen LogP contribution in [0, 0.1) is 6.92 Å². The molecule has 0 saturated carbocycles. The first-order valence-electron chi connectivity index (χ1n) is 5.08. The number of aromatic nitrogens is 2. The van der Waals surface area contributed by atoms with Crippen LogP contribution in [0.15, 0.2) is 18.2 Å². The predicted molar refractivity (Wildman–Crippen MR) is 59.8 cm³/mol. The van der Waals surface area contributed by atoms with Gasteiger partial charge in [0.25, 0.3) is 0 Å². The minimum atomic E-state index is -0.778. The van der Waals surface area contributed by atoms with Gasteiger partial charge >= 0.3 is 0 Å². The van der Waals surface area contributed by atoms with E-state index in [9.17, 15) is 9.18 Å². The van der Waals surface area contributed by atoms with Crippen LogP contribution in [-0.4, -0.2) is 34.3 Å². The lowest BCUT2D eigenvalue weighted by atomic mass is 10.2. The van der Waals surface area contributed by atoms with Gasteiger partial charge in [0.2, 0.25) is 5.78 Å². The van der Waals surface area contributed by atoms with Crippen molar-refractivity contribution in [3.63, 3.8) is 0 Å². The number of carbonyl (C=O) groups excluding carboxylic acids is 1. The molecule has 1 rings (SSSR count). The highest BCUT2D eigenvalue weighted by Crippen LogP contribution is 2.12. The van der Waals surface area contributed by atoms with Crippen LogP contribution in [0.2, 0.25) is 0 Å². The molecular weight excluding hydrogens is 209 g/mol. The van der Waals surface area contributed by atoms with Gasteiger partial charge in [-0.3, -0.25) is 4.79 Å². The predicted octanol–water partition coefficient (Wildman–Crippen LogP) is 1.77. The van der Waals surface area contributed by atoms with E-state index in [-0.39, 0.29) is 5.69 Å². The zero-order chi connectivity index (χ0) is 12.3. The minimum absolute atomic E-state index is 0.288. The smallest absolute Gasteiger partial charge is 0.240 e. The van der Waals surface area contributed by atoms with Gasteiger partial charge in [0.1, 0.15) is 11.5 Å². The molecule has 88 valence electrons. The van der Waals surface area contributed by atoms with Gasteiger partial charge in [-0.05, 0) is 13.8 Å². The summed E-state index contributed by atoms with van der Waals surface area (Å²) in [4.78, 5) is 17.2. The number of aryl methyl sites for hydroxylation is 1. The van der Waals surface area contributed by atoms with E-state index in [1.165, 1.54) is 11.1 Å². The van der Waals surface area contributed by atoms with E-state index < -0.39 is 11.6 Å². The fourth-order valence-corrected chi connectivity index (χ4v) is 1.46. The molecule has 1 aromatic rings. The normalized spacial score (nSPS) is 11.7. The second-order valence-corrected chi connectivity index (χ2v) is 3.70. The minimum Gasteiger partial charge on any atom is -0.381 e. The first kappa shape index (κ1) is 12.4. The van der Waals surface area contributed by atoms with E-state index in [0.717, 1.165) is 6.20 Å². The Morgan fingerprint density at radius 1 is 1.62 bits per heavy atom. The van der Waals surface area contributed by atoms with Crippen molar-refractivity contribution in [3.05, 3.63) is 29.7 Å². The Morgan fingerprint density at radius 3 is 2.75 bits per heavy atom. The van der Waals surface area contributed by atoms with E-state index >= 15 is 0 Å². The van der Waals surface area contributed by atoms with E-state index in [4.69, 9.17) is 0 Å². The number of allylic oxidation sites excluding steroid dienone is 1. The van der Waals surface area contributed by atoms with Crippen molar-refractivity contribution in [2.45, 2.75) is 20.4 Å². The number of ketones is 1. The Bertz CT molecular complexity index is 421. The van der Waals surface area contributed by atoms with Gasteiger partial charge in [0, 0.05) is 26.8 Å². The largest absolute Gasteiger partial charge is 0.381 e. The van der Waals surface area contributed by atoms with E-state index in [2.05, 4.69) is 4.98 Å². The SMILES string of the molecule is CCn1c(C(=O)C(F)=CN(C)C)cnc1C. The van der Waals surface area contributed by atoms with Gasteiger partial charge in [-0.2, -0.15) is 0 Å². The summed E-state index contributed by atoms with van der Waals surface area (Å²) in [6.07, 6.45) is 2.56. The molecule has 1 aromatic heterocycles. The third-order valence-corrected chi connectivity index (χ3v) is 2.19. The van der Waals surface area contributed by atoms with Gasteiger partial charge in [-0.15, -0.1) is 0 Å². The molecule has 0 N–H and O–H groups in total. The number of hydrogen-bond acceptors (Lipinski definition) is 3. The molecule has 0 aromatic carbocycles. The summed E-state index contributed by atoms with van der Waals surface area (Å²) >= 11 is 0. The van der Waals surface area contributed by atoms with Crippen molar-refractivity contribution in [2.24, 2.45) is 0 Å². The highest BCUT2D eigenvalue weighted by Gasteiger charge is 2.18. The molecule has 5 heteroatoms. The molecular formula is C11H16FN3O. The van der Waals surface area contributed by atoms with Crippen LogP contribution in [0.3, 0.4) is 0 Å². The molecule has 0 aliphatic rings. The van der Waals surface area contributed by atoms with Gasteiger partial charge < -0.3 is 9.47 Å². The molecule has 0 fully saturated rings. The Balaban J connectivity index is 3.05. The lowest BCUT2D eigenvalue weighted by Crippen LogP contribution is -2.12. The zero-order valence-corrected chi connectivity index (χ0v) is 9.99. The highest BCUT2D eigenvalue weighted by molar-refractivity contribution is 6.05. The quantitative estimate of drug-likeness (QED) is 0.579. The van der Waals surface area contributed by atoms with Crippen molar-refractivity contribution < 1.29 is 9.18 Å². The molecule has 0 atom stereocenters. The number of rotatable bonds is 4. The Morgan fingerprint density at radius 2 is 2.25 bits per heavy atom. The molecule has 16 heavy (non-hydrogen) atoms. The summed E-state index contributed by atoms with van der Waals surface area (Å²) in [7, 11) is 3.32. The molecule has 0 aliphatic carbocycles. The molecule has 0 unspecified atom stereocenters. The van der Waals surface area contributed by atoms with Crippen molar-refractivity contribution in [1.29, 1.82) is 0 Å². The monoisotopic (exact) mass is 225 g/mol. The van der Waals surface area contributed by atoms with Gasteiger partial charge in [0.15, 0.2) is 5.83 Å². The van der Waals surface area contributed by atoms with Crippen LogP contribution in [0.5, 0.6) is 0 Å². The lowest BCUT2D eigenvalue weighted by Gasteiger charge is -2.07. The number of Topliss-reactive ketones (excluding diaryl/α,β-unsaturated/α-hetero) is 1. The molecule has 4 nitrogen and oxygen atoms in total. The summed E-state index contributed by atoms with van der Waals surface area (Å²) in [6.45, 7) is 4.27. The zero-order valence-electron chi connectivity index (χ0n) is 9.99. The number of nitrogens with zero attached hydrogens (tertiary/aromatic N) is 3. The summed E-state index contributed by atoms with van der Waals surface area (Å²) in [5, 5.41) is 0. The van der Waals surface area contributed by atoms with Crippen LogP contribution >= 0.6 is 0 Å². The van der Waals surface area contributed by atoms with E-state index in [0.29, 0.717) is 12.4 Å². The maximum absolute atomic E-state index is 13.5. The van der Waals surface area contributed by atoms with Gasteiger partial charge in [-0.1, -0.05) is 0 Å². The number of carbonyl (C=O) groups is 1. The van der Waals surface area contributed by atoms with Gasteiger partial charge in [-0.25, -0.2) is 9.37 Å². The molecule has 0 spiro atoms. The Kier molecular flexibility index (Phi) is 3.82. The van der Waals surface area contributed by atoms with Crippen molar-refractivity contribution in [3.8, 4) is 0 Å². The van der Waals surface area contributed by atoms with Crippen LogP contribution in [0.1, 0.15) is 23.2 Å². The summed E-state index contributed by atoms with van der Waals surface area (Å²) in [5.74, 6) is -0.695. The summed E-state index contributed by atoms with van der Waals surface area (Å²) in [5.41, 5.74) is 0.288. The summed E-state index contributed by atoms with van der Waals surface area (Å²) < 4.78 is 15.2. The number of imidazole rings is 1. The molecule has 0 saturated heterocycles. The summed E-state index contributed by atoms with van der Waals surface area (Å²) in [6, 6.07) is 0. The van der Waals surface area contributed by atoms with Crippen molar-refractivity contribution in [1.82, 2.24) is 14.5 Å². The van der Waals surface area contributed by atoms with E-state index in [1.54, 1.807) is 25.6 Å². The lowest BCUT2D eigenvalue weighted by molar-refractivity contribution is 0.0993. The maximum atomic E-state index is 13.5. The first-order chi connectivity index (χ1) is 7.47. The first-order valence-corrected chi connectivity index (χ1v) is 5.08. The van der Waals surface area contributed by atoms with Crippen LogP contribution in [0.4, 0.5) is 4.39 Å². The second-order valence-electron chi connectivity index (χ2n) is 3.70. The highest BCUT2D eigenvalue weighted by atomic mass is 19.1. The molecule has 0 aliphatic heterocycles. The molecule has 0 radical (unpaired) electrons. The third-order valence-electron chi connectivity index (χ3n) is 2.19. The van der Waals surface area contributed by atoms with Gasteiger partial charge in [0.05, 0.1) is 6.20 Å². The number of hydrogen-bond donors (Lipinski definition) is 0. The standard InChI is InChI=1S/C11H16FN3O/c1-5-15-8(2)13-6-10(15)11(16)9(12)7-14(3)4/h6-7H,5H2,1-4H3. The fraction of sp³-hybridized carbons (Fsp3) is 0.455. The molecule has 0 bridgehead atoms. The maximum Gasteiger partial charge on any atom is 0.240 e. The van der Waals surface area contributed by atoms with Crippen LogP contribution in [0.25, 0.3) is 0 Å². The Labute approximate surface area is 94.4 Å². The topological polar surface area (TPSA) is 38.1 Å². The Hall–Kier alpha value is -1.65. The molecule has 0 amide bonds. The number of halogens is 1. The van der Waals surface area contributed by atoms with E-state index in [1.807, 2.05) is 6.92 Å². The second kappa shape index (κ2) is 4.92. The van der Waals surface area contributed by atoms with Crippen LogP contribution in [-0.2, 0) is 6.54 Å². The third kappa shape index (κ3) is 2.48.